The third-order valence-corrected chi connectivity index (χ3v) is 3.06. The van der Waals surface area contributed by atoms with Crippen LogP contribution in [-0.2, 0) is 0 Å². The quantitative estimate of drug-likeness (QED) is 0.552. The minimum absolute atomic E-state index is 0.0162. The number of fused-ring (bicyclic) bond motifs is 2. The highest BCUT2D eigenvalue weighted by atomic mass is 16.3. The SMILES string of the molecule is Cc1cc2oc3ncccc3c(=O)c2cc1C. The molecule has 1 aromatic carbocycles. The summed E-state index contributed by atoms with van der Waals surface area (Å²) in [4.78, 5) is 16.3. The molecule has 84 valence electrons. The van der Waals surface area contributed by atoms with E-state index in [-0.39, 0.29) is 5.43 Å². The molecule has 3 heteroatoms. The van der Waals surface area contributed by atoms with Crippen molar-refractivity contribution >= 4 is 22.1 Å². The first-order chi connectivity index (χ1) is 8.16. The van der Waals surface area contributed by atoms with Crippen LogP contribution in [0.3, 0.4) is 0 Å². The first-order valence-corrected chi connectivity index (χ1v) is 5.45. The van der Waals surface area contributed by atoms with E-state index in [0.717, 1.165) is 11.1 Å². The summed E-state index contributed by atoms with van der Waals surface area (Å²) in [6.07, 6.45) is 1.62. The lowest BCUT2D eigenvalue weighted by Crippen LogP contribution is -2.03. The molecule has 0 aliphatic carbocycles. The number of benzene rings is 1. The van der Waals surface area contributed by atoms with Crippen molar-refractivity contribution in [2.45, 2.75) is 13.8 Å². The topological polar surface area (TPSA) is 43.1 Å². The Morgan fingerprint density at radius 1 is 1.12 bits per heavy atom. The molecule has 3 nitrogen and oxygen atoms in total. The standard InChI is InChI=1S/C14H11NO2/c1-8-6-11-12(7-9(8)2)17-14-10(13(11)16)4-3-5-15-14/h3-7H,1-2H3. The van der Waals surface area contributed by atoms with Crippen molar-refractivity contribution in [1.29, 1.82) is 0 Å². The normalized spacial score (nSPS) is 11.2. The predicted molar refractivity (Wildman–Crippen MR) is 67.3 cm³/mol. The van der Waals surface area contributed by atoms with E-state index in [2.05, 4.69) is 4.98 Å². The Hall–Kier alpha value is -2.16. The summed E-state index contributed by atoms with van der Waals surface area (Å²) in [7, 11) is 0. The van der Waals surface area contributed by atoms with Crippen molar-refractivity contribution in [3.63, 3.8) is 0 Å². The highest BCUT2D eigenvalue weighted by Gasteiger charge is 2.09. The largest absolute Gasteiger partial charge is 0.437 e. The van der Waals surface area contributed by atoms with Gasteiger partial charge in [-0.2, -0.15) is 0 Å². The molecule has 0 fully saturated rings. The summed E-state index contributed by atoms with van der Waals surface area (Å²) >= 11 is 0. The van der Waals surface area contributed by atoms with Crippen molar-refractivity contribution in [3.05, 3.63) is 51.8 Å². The average molecular weight is 225 g/mol. The van der Waals surface area contributed by atoms with Gasteiger partial charge >= 0.3 is 0 Å². The molecule has 0 amide bonds. The molecule has 0 saturated heterocycles. The minimum atomic E-state index is -0.0162. The van der Waals surface area contributed by atoms with Gasteiger partial charge in [0.1, 0.15) is 5.58 Å². The molecule has 0 unspecified atom stereocenters. The van der Waals surface area contributed by atoms with Crippen LogP contribution in [0.15, 0.2) is 39.7 Å². The first kappa shape index (κ1) is 10.0. The maximum absolute atomic E-state index is 12.3. The molecule has 3 rings (SSSR count). The lowest BCUT2D eigenvalue weighted by molar-refractivity contribution is 0.644. The third-order valence-electron chi connectivity index (χ3n) is 3.06. The molecule has 17 heavy (non-hydrogen) atoms. The van der Waals surface area contributed by atoms with Gasteiger partial charge in [-0.25, -0.2) is 4.98 Å². The molecule has 0 spiro atoms. The fourth-order valence-corrected chi connectivity index (χ4v) is 1.95. The highest BCUT2D eigenvalue weighted by molar-refractivity contribution is 5.88. The molecule has 0 bridgehead atoms. The number of aromatic nitrogens is 1. The summed E-state index contributed by atoms with van der Waals surface area (Å²) in [5.41, 5.74) is 3.18. The zero-order chi connectivity index (χ0) is 12.0. The number of hydrogen-bond acceptors (Lipinski definition) is 3. The Kier molecular flexibility index (Phi) is 2.01. The Morgan fingerprint density at radius 2 is 1.88 bits per heavy atom. The van der Waals surface area contributed by atoms with Gasteiger partial charge in [-0.1, -0.05) is 0 Å². The van der Waals surface area contributed by atoms with E-state index in [0.29, 0.717) is 22.1 Å². The molecule has 0 radical (unpaired) electrons. The second-order valence-electron chi connectivity index (χ2n) is 4.22. The number of nitrogens with zero attached hydrogens (tertiary/aromatic N) is 1. The van der Waals surface area contributed by atoms with E-state index < -0.39 is 0 Å². The number of rotatable bonds is 0. The van der Waals surface area contributed by atoms with Gasteiger partial charge in [0.2, 0.25) is 11.1 Å². The monoisotopic (exact) mass is 225 g/mol. The van der Waals surface area contributed by atoms with Crippen LogP contribution < -0.4 is 5.43 Å². The second kappa shape index (κ2) is 3.42. The second-order valence-corrected chi connectivity index (χ2v) is 4.22. The van der Waals surface area contributed by atoms with Gasteiger partial charge in [0.25, 0.3) is 0 Å². The Balaban J connectivity index is 2.60. The lowest BCUT2D eigenvalue weighted by atomic mass is 10.1. The third kappa shape index (κ3) is 1.43. The predicted octanol–water partition coefficient (Wildman–Crippen LogP) is 2.96. The molecule has 0 saturated carbocycles. The van der Waals surface area contributed by atoms with Gasteiger partial charge in [0.15, 0.2) is 0 Å². The van der Waals surface area contributed by atoms with Crippen molar-refractivity contribution in [3.8, 4) is 0 Å². The number of aryl methyl sites for hydroxylation is 2. The Morgan fingerprint density at radius 3 is 2.71 bits per heavy atom. The van der Waals surface area contributed by atoms with Gasteiger partial charge in [-0.05, 0) is 49.2 Å². The van der Waals surface area contributed by atoms with Crippen LogP contribution in [0.2, 0.25) is 0 Å². The number of pyridine rings is 1. The maximum Gasteiger partial charge on any atom is 0.230 e. The molecule has 3 aromatic rings. The molecule has 0 aliphatic rings. The van der Waals surface area contributed by atoms with Crippen LogP contribution in [0.25, 0.3) is 22.1 Å². The zero-order valence-corrected chi connectivity index (χ0v) is 9.65. The van der Waals surface area contributed by atoms with E-state index in [1.165, 1.54) is 0 Å². The summed E-state index contributed by atoms with van der Waals surface area (Å²) in [5, 5.41) is 1.15. The van der Waals surface area contributed by atoms with Gasteiger partial charge in [0.05, 0.1) is 10.8 Å². The number of hydrogen-bond donors (Lipinski definition) is 0. The van der Waals surface area contributed by atoms with Crippen LogP contribution >= 0.6 is 0 Å². The van der Waals surface area contributed by atoms with Crippen molar-refractivity contribution in [2.75, 3.05) is 0 Å². The van der Waals surface area contributed by atoms with Gasteiger partial charge in [-0.15, -0.1) is 0 Å². The highest BCUT2D eigenvalue weighted by Crippen LogP contribution is 2.20. The molecule has 0 aliphatic heterocycles. The van der Waals surface area contributed by atoms with Crippen LogP contribution in [0.5, 0.6) is 0 Å². The van der Waals surface area contributed by atoms with E-state index in [1.54, 1.807) is 18.3 Å². The van der Waals surface area contributed by atoms with Gasteiger partial charge < -0.3 is 4.42 Å². The van der Waals surface area contributed by atoms with E-state index in [9.17, 15) is 4.79 Å². The van der Waals surface area contributed by atoms with E-state index in [1.807, 2.05) is 26.0 Å². The van der Waals surface area contributed by atoms with E-state index >= 15 is 0 Å². The molecule has 0 atom stereocenters. The van der Waals surface area contributed by atoms with Crippen LogP contribution in [-0.4, -0.2) is 4.98 Å². The maximum atomic E-state index is 12.3. The summed E-state index contributed by atoms with van der Waals surface area (Å²) in [6, 6.07) is 7.25. The molecule has 0 N–H and O–H groups in total. The van der Waals surface area contributed by atoms with Crippen molar-refractivity contribution in [2.24, 2.45) is 0 Å². The summed E-state index contributed by atoms with van der Waals surface area (Å²) < 4.78 is 5.65. The lowest BCUT2D eigenvalue weighted by Gasteiger charge is -2.03. The zero-order valence-electron chi connectivity index (χ0n) is 9.65. The van der Waals surface area contributed by atoms with Crippen molar-refractivity contribution in [1.82, 2.24) is 4.98 Å². The van der Waals surface area contributed by atoms with Gasteiger partial charge in [-0.3, -0.25) is 4.79 Å². The van der Waals surface area contributed by atoms with Crippen LogP contribution in [0.1, 0.15) is 11.1 Å². The average Bonchev–Trinajstić information content (AvgIpc) is 2.32. The molecule has 2 heterocycles. The Labute approximate surface area is 97.7 Å². The van der Waals surface area contributed by atoms with Crippen LogP contribution in [0.4, 0.5) is 0 Å². The summed E-state index contributed by atoms with van der Waals surface area (Å²) in [5.74, 6) is 0. The smallest absolute Gasteiger partial charge is 0.230 e. The van der Waals surface area contributed by atoms with Crippen LogP contribution in [0, 0.1) is 13.8 Å². The van der Waals surface area contributed by atoms with E-state index in [4.69, 9.17) is 4.42 Å². The molecule has 2 aromatic heterocycles. The van der Waals surface area contributed by atoms with Crippen molar-refractivity contribution < 1.29 is 4.42 Å². The molecular weight excluding hydrogens is 214 g/mol. The fraction of sp³-hybridized carbons (Fsp3) is 0.143. The summed E-state index contributed by atoms with van der Waals surface area (Å²) in [6.45, 7) is 3.99. The van der Waals surface area contributed by atoms with Gasteiger partial charge in [0, 0.05) is 6.20 Å². The first-order valence-electron chi connectivity index (χ1n) is 5.45. The fourth-order valence-electron chi connectivity index (χ4n) is 1.95. The molecular formula is C14H11NO2. The minimum Gasteiger partial charge on any atom is -0.437 e. The Bertz CT molecular complexity index is 787.